The summed E-state index contributed by atoms with van der Waals surface area (Å²) in [5, 5.41) is 0. The molecule has 3 heteroatoms. The van der Waals surface area contributed by atoms with E-state index < -0.39 is 11.9 Å². The second kappa shape index (κ2) is 2.96. The van der Waals surface area contributed by atoms with Crippen LogP contribution in [0.1, 0.15) is 4.11 Å². The summed E-state index contributed by atoms with van der Waals surface area (Å²) in [6.07, 6.45) is 0. The minimum absolute atomic E-state index is 0.0482. The van der Waals surface area contributed by atoms with Crippen LogP contribution in [-0.2, 0) is 0 Å². The molecule has 0 aliphatic heterocycles. The molecule has 0 aliphatic carbocycles. The van der Waals surface area contributed by atoms with E-state index in [-0.39, 0.29) is 20.1 Å². The Hall–Kier alpha value is 0.360. The fourth-order valence-corrected chi connectivity index (χ4v) is 1.42. The molecule has 1 rings (SSSR count). The van der Waals surface area contributed by atoms with Crippen molar-refractivity contribution in [3.8, 4) is 0 Å². The van der Waals surface area contributed by atoms with Crippen molar-refractivity contribution in [1.82, 2.24) is 0 Å². The molecule has 0 aromatic heterocycles. The van der Waals surface area contributed by atoms with Gasteiger partial charge in [0.25, 0.3) is 0 Å². The first kappa shape index (κ1) is 4.28. The zero-order chi connectivity index (χ0) is 9.46. The third-order valence-electron chi connectivity index (χ3n) is 0.694. The van der Waals surface area contributed by atoms with E-state index in [4.69, 9.17) is 4.11 Å². The van der Waals surface area contributed by atoms with Gasteiger partial charge in [-0.2, -0.15) is 0 Å². The fraction of sp³-hybridized carbons (Fsp3) is 0. The highest BCUT2D eigenvalue weighted by Crippen LogP contribution is 2.17. The maximum atomic E-state index is 13.0. The van der Waals surface area contributed by atoms with Gasteiger partial charge in [0.2, 0.25) is 0 Å². The zero-order valence-electron chi connectivity index (χ0n) is 7.13. The minimum atomic E-state index is -0.842. The molecule has 0 bridgehead atoms. The van der Waals surface area contributed by atoms with Gasteiger partial charge in [0, 0.05) is 3.57 Å². The van der Waals surface area contributed by atoms with Crippen LogP contribution < -0.4 is 0 Å². The average Bonchev–Trinajstić information content (AvgIpc) is 2.08. The number of hydrogen-bond donors (Lipinski definition) is 0. The van der Waals surface area contributed by atoms with Gasteiger partial charge < -0.3 is 0 Å². The predicted octanol–water partition coefficient (Wildman–Crippen LogP) is 3.19. The van der Waals surface area contributed by atoms with Crippen LogP contribution in [0.15, 0.2) is 22.6 Å². The zero-order valence-corrected chi connectivity index (χ0v) is 7.88. The van der Waals surface area contributed by atoms with Crippen LogP contribution in [0.25, 0.3) is 0 Å². The molecule has 0 saturated heterocycles. The Morgan fingerprint density at radius 3 is 3.00 bits per heavy atom. The smallest absolute Gasteiger partial charge is 0.137 e. The molecular weight excluding hydrogens is 298 g/mol. The van der Waals surface area contributed by atoms with E-state index in [9.17, 15) is 4.39 Å². The number of benzene rings is 1. The topological polar surface area (TPSA) is 0 Å². The Morgan fingerprint density at radius 1 is 1.67 bits per heavy atom. The SMILES string of the molecule is [2H]c1c([2H])c(I)c([2H])c(Br)c1F. The Labute approximate surface area is 78.9 Å². The second-order valence-electron chi connectivity index (χ2n) is 1.32. The maximum Gasteiger partial charge on any atom is 0.137 e. The summed E-state index contributed by atoms with van der Waals surface area (Å²) in [4.78, 5) is 0. The molecule has 0 N–H and O–H groups in total. The summed E-state index contributed by atoms with van der Waals surface area (Å²) in [5.74, 6) is -0.842. The van der Waals surface area contributed by atoms with Gasteiger partial charge >= 0.3 is 0 Å². The molecule has 0 spiro atoms. The third kappa shape index (κ3) is 1.89. The van der Waals surface area contributed by atoms with Crippen molar-refractivity contribution in [2.45, 2.75) is 0 Å². The van der Waals surface area contributed by atoms with E-state index in [1.54, 1.807) is 22.6 Å². The molecule has 0 heterocycles. The molecule has 1 aromatic carbocycles. The quantitative estimate of drug-likeness (QED) is 0.510. The van der Waals surface area contributed by atoms with Crippen molar-refractivity contribution in [3.05, 3.63) is 32.0 Å². The summed E-state index contributed by atoms with van der Waals surface area (Å²) in [5.41, 5.74) is 0. The van der Waals surface area contributed by atoms with Gasteiger partial charge in [-0.15, -0.1) is 0 Å². The number of hydrogen-bond acceptors (Lipinski definition) is 0. The lowest BCUT2D eigenvalue weighted by Crippen LogP contribution is -1.76. The first-order valence-corrected chi connectivity index (χ1v) is 3.94. The van der Waals surface area contributed by atoms with Gasteiger partial charge in [-0.05, 0) is 56.6 Å². The average molecular weight is 304 g/mol. The van der Waals surface area contributed by atoms with E-state index in [0.717, 1.165) is 0 Å². The molecule has 48 valence electrons. The Bertz CT molecular complexity index is 237. The van der Waals surface area contributed by atoms with Gasteiger partial charge in [-0.25, -0.2) is 4.39 Å². The Morgan fingerprint density at radius 2 is 2.33 bits per heavy atom. The van der Waals surface area contributed by atoms with Gasteiger partial charge in [-0.3, -0.25) is 0 Å². The first-order valence-electron chi connectivity index (χ1n) is 3.57. The highest BCUT2D eigenvalue weighted by Gasteiger charge is 1.95. The molecular formula is C6H3BrFI. The molecule has 0 amide bonds. The van der Waals surface area contributed by atoms with Crippen LogP contribution in [0.4, 0.5) is 4.39 Å². The van der Waals surface area contributed by atoms with Crippen LogP contribution in [0, 0.1) is 9.39 Å². The summed E-state index contributed by atoms with van der Waals surface area (Å²) >= 11 is 4.59. The van der Waals surface area contributed by atoms with Gasteiger partial charge in [0.1, 0.15) is 5.82 Å². The monoisotopic (exact) mass is 303 g/mol. The van der Waals surface area contributed by atoms with Crippen LogP contribution in [0.2, 0.25) is 0 Å². The standard InChI is InChI=1S/C6H3BrFI/c7-5-3-4(9)1-2-6(5)8/h1-3H/i1D,2D,3D. The second-order valence-corrected chi connectivity index (χ2v) is 3.19. The molecule has 1 aromatic rings. The fourth-order valence-electron chi connectivity index (χ4n) is 0.347. The van der Waals surface area contributed by atoms with Gasteiger partial charge in [0.15, 0.2) is 0 Å². The maximum absolute atomic E-state index is 13.0. The summed E-state index contributed by atoms with van der Waals surface area (Å²) < 4.78 is 34.9. The van der Waals surface area contributed by atoms with Crippen molar-refractivity contribution in [3.63, 3.8) is 0 Å². The van der Waals surface area contributed by atoms with Crippen LogP contribution in [-0.4, -0.2) is 0 Å². The van der Waals surface area contributed by atoms with Gasteiger partial charge in [0.05, 0.1) is 8.58 Å². The van der Waals surface area contributed by atoms with E-state index >= 15 is 0 Å². The third-order valence-corrected chi connectivity index (χ3v) is 1.78. The van der Waals surface area contributed by atoms with Crippen LogP contribution >= 0.6 is 38.5 Å². The molecule has 0 radical (unpaired) electrons. The largest absolute Gasteiger partial charge is 0.206 e. The lowest BCUT2D eigenvalue weighted by atomic mass is 10.4. The highest BCUT2D eigenvalue weighted by atomic mass is 127. The lowest BCUT2D eigenvalue weighted by Gasteiger charge is -1.92. The molecule has 0 unspecified atom stereocenters. The molecule has 0 nitrogen and oxygen atoms in total. The number of halogens is 3. The van der Waals surface area contributed by atoms with Crippen molar-refractivity contribution in [2.24, 2.45) is 0 Å². The summed E-state index contributed by atoms with van der Waals surface area (Å²) in [6, 6.07) is -0.780. The molecule has 0 saturated carbocycles. The highest BCUT2D eigenvalue weighted by molar-refractivity contribution is 14.1. The van der Waals surface area contributed by atoms with E-state index in [0.29, 0.717) is 0 Å². The predicted molar refractivity (Wildman–Crippen MR) is 46.8 cm³/mol. The van der Waals surface area contributed by atoms with Crippen LogP contribution in [0.5, 0.6) is 0 Å². The van der Waals surface area contributed by atoms with Gasteiger partial charge in [-0.1, -0.05) is 0 Å². The molecule has 9 heavy (non-hydrogen) atoms. The van der Waals surface area contributed by atoms with Crippen molar-refractivity contribution < 1.29 is 8.50 Å². The molecule has 0 fully saturated rings. The van der Waals surface area contributed by atoms with E-state index in [1.165, 1.54) is 0 Å². The molecule has 0 aliphatic rings. The van der Waals surface area contributed by atoms with Crippen molar-refractivity contribution in [2.75, 3.05) is 0 Å². The van der Waals surface area contributed by atoms with E-state index in [1.807, 2.05) is 0 Å². The van der Waals surface area contributed by atoms with Crippen molar-refractivity contribution in [1.29, 1.82) is 0 Å². The van der Waals surface area contributed by atoms with E-state index in [2.05, 4.69) is 15.9 Å². The lowest BCUT2D eigenvalue weighted by molar-refractivity contribution is 0.621. The number of rotatable bonds is 0. The Balaban J connectivity index is 3.60. The summed E-state index contributed by atoms with van der Waals surface area (Å²) in [7, 11) is 0. The first-order chi connectivity index (χ1) is 5.46. The summed E-state index contributed by atoms with van der Waals surface area (Å²) in [6.45, 7) is 0. The molecule has 0 atom stereocenters. The van der Waals surface area contributed by atoms with Crippen molar-refractivity contribution >= 4 is 38.5 Å². The normalized spacial score (nSPS) is 14.3. The minimum Gasteiger partial charge on any atom is -0.206 e. The van der Waals surface area contributed by atoms with Crippen LogP contribution in [0.3, 0.4) is 0 Å². The Kier molecular flexibility index (Phi) is 1.41.